The van der Waals surface area contributed by atoms with Crippen LogP contribution in [-0.2, 0) is 0 Å². The number of ether oxygens (including phenoxy) is 1. The summed E-state index contributed by atoms with van der Waals surface area (Å²) in [5, 5.41) is 0.963. The molecule has 3 aromatic rings. The normalized spacial score (nSPS) is 11.2. The SMILES string of the molecule is CC(C)Oc1cc2cc(-c3ccc(F)cc3)oc2cc1N(C)C. The second-order valence-corrected chi connectivity index (χ2v) is 6.04. The van der Waals surface area contributed by atoms with Gasteiger partial charge in [-0.25, -0.2) is 4.39 Å². The molecule has 0 radical (unpaired) electrons. The molecular formula is C19H20FNO2. The van der Waals surface area contributed by atoms with Gasteiger partial charge >= 0.3 is 0 Å². The molecule has 0 aliphatic carbocycles. The molecule has 4 heteroatoms. The molecule has 120 valence electrons. The van der Waals surface area contributed by atoms with Crippen molar-refractivity contribution in [3.05, 3.63) is 48.3 Å². The van der Waals surface area contributed by atoms with Crippen molar-refractivity contribution in [1.29, 1.82) is 0 Å². The van der Waals surface area contributed by atoms with Gasteiger partial charge in [0.15, 0.2) is 0 Å². The van der Waals surface area contributed by atoms with Crippen molar-refractivity contribution in [3.8, 4) is 17.1 Å². The van der Waals surface area contributed by atoms with Crippen LogP contribution in [0, 0.1) is 5.82 Å². The second-order valence-electron chi connectivity index (χ2n) is 6.04. The summed E-state index contributed by atoms with van der Waals surface area (Å²) in [6.07, 6.45) is 0.0922. The summed E-state index contributed by atoms with van der Waals surface area (Å²) >= 11 is 0. The molecule has 0 amide bonds. The fraction of sp³-hybridized carbons (Fsp3) is 0.263. The predicted molar refractivity (Wildman–Crippen MR) is 91.7 cm³/mol. The van der Waals surface area contributed by atoms with E-state index in [1.165, 1.54) is 12.1 Å². The Labute approximate surface area is 135 Å². The van der Waals surface area contributed by atoms with E-state index in [4.69, 9.17) is 9.15 Å². The van der Waals surface area contributed by atoms with Crippen molar-refractivity contribution in [1.82, 2.24) is 0 Å². The lowest BCUT2D eigenvalue weighted by Gasteiger charge is -2.19. The molecule has 2 aromatic carbocycles. The third-order valence-electron chi connectivity index (χ3n) is 3.57. The number of nitrogens with zero attached hydrogens (tertiary/aromatic N) is 1. The van der Waals surface area contributed by atoms with Gasteiger partial charge in [-0.3, -0.25) is 0 Å². The van der Waals surface area contributed by atoms with Crippen LogP contribution < -0.4 is 9.64 Å². The van der Waals surface area contributed by atoms with E-state index in [0.717, 1.165) is 28.0 Å². The lowest BCUT2D eigenvalue weighted by atomic mass is 10.1. The van der Waals surface area contributed by atoms with Crippen LogP contribution in [0.3, 0.4) is 0 Å². The summed E-state index contributed by atoms with van der Waals surface area (Å²) in [6.45, 7) is 4.01. The number of halogens is 1. The van der Waals surface area contributed by atoms with Crippen LogP contribution >= 0.6 is 0 Å². The molecule has 0 aliphatic rings. The van der Waals surface area contributed by atoms with Crippen molar-refractivity contribution in [2.75, 3.05) is 19.0 Å². The summed E-state index contributed by atoms with van der Waals surface area (Å²) < 4.78 is 24.9. The molecular weight excluding hydrogens is 293 g/mol. The first-order valence-electron chi connectivity index (χ1n) is 7.61. The van der Waals surface area contributed by atoms with Gasteiger partial charge in [-0.05, 0) is 50.2 Å². The van der Waals surface area contributed by atoms with Crippen molar-refractivity contribution in [2.45, 2.75) is 20.0 Å². The molecule has 0 fully saturated rings. The zero-order chi connectivity index (χ0) is 16.6. The molecule has 3 nitrogen and oxygen atoms in total. The highest BCUT2D eigenvalue weighted by molar-refractivity contribution is 5.88. The Morgan fingerprint density at radius 3 is 2.35 bits per heavy atom. The molecule has 1 heterocycles. The first-order valence-corrected chi connectivity index (χ1v) is 7.61. The Kier molecular flexibility index (Phi) is 3.99. The summed E-state index contributed by atoms with van der Waals surface area (Å²) in [5.41, 5.74) is 2.59. The third kappa shape index (κ3) is 3.16. The molecule has 0 N–H and O–H groups in total. The fourth-order valence-electron chi connectivity index (χ4n) is 2.51. The molecule has 0 unspecified atom stereocenters. The number of fused-ring (bicyclic) bond motifs is 1. The summed E-state index contributed by atoms with van der Waals surface area (Å²) in [4.78, 5) is 2.00. The Hall–Kier alpha value is -2.49. The van der Waals surface area contributed by atoms with Gasteiger partial charge in [0.05, 0.1) is 11.8 Å². The van der Waals surface area contributed by atoms with E-state index in [1.807, 2.05) is 51.0 Å². The minimum Gasteiger partial charge on any atom is -0.489 e. The van der Waals surface area contributed by atoms with Crippen LogP contribution in [0.5, 0.6) is 5.75 Å². The minimum atomic E-state index is -0.257. The molecule has 0 saturated carbocycles. The molecule has 3 rings (SSSR count). The zero-order valence-electron chi connectivity index (χ0n) is 13.8. The number of rotatable bonds is 4. The van der Waals surface area contributed by atoms with Crippen LogP contribution in [0.25, 0.3) is 22.3 Å². The average molecular weight is 313 g/mol. The van der Waals surface area contributed by atoms with E-state index >= 15 is 0 Å². The predicted octanol–water partition coefficient (Wildman–Crippen LogP) is 5.09. The number of hydrogen-bond acceptors (Lipinski definition) is 3. The molecule has 1 aromatic heterocycles. The molecule has 0 spiro atoms. The molecule has 0 aliphatic heterocycles. The maximum absolute atomic E-state index is 13.1. The van der Waals surface area contributed by atoms with Crippen molar-refractivity contribution in [2.24, 2.45) is 0 Å². The Morgan fingerprint density at radius 2 is 1.74 bits per heavy atom. The highest BCUT2D eigenvalue weighted by Gasteiger charge is 2.14. The zero-order valence-corrected chi connectivity index (χ0v) is 13.8. The Bertz CT molecular complexity index is 819. The van der Waals surface area contributed by atoms with Crippen LogP contribution in [0.15, 0.2) is 46.9 Å². The van der Waals surface area contributed by atoms with Crippen LogP contribution in [0.4, 0.5) is 10.1 Å². The van der Waals surface area contributed by atoms with Crippen LogP contribution in [-0.4, -0.2) is 20.2 Å². The van der Waals surface area contributed by atoms with E-state index in [2.05, 4.69) is 0 Å². The van der Waals surface area contributed by atoms with Crippen LogP contribution in [0.1, 0.15) is 13.8 Å². The molecule has 0 saturated heterocycles. The Balaban J connectivity index is 2.10. The molecule has 0 bridgehead atoms. The van der Waals surface area contributed by atoms with Gasteiger partial charge in [-0.2, -0.15) is 0 Å². The van der Waals surface area contributed by atoms with Gasteiger partial charge in [0.25, 0.3) is 0 Å². The number of hydrogen-bond donors (Lipinski definition) is 0. The monoisotopic (exact) mass is 313 g/mol. The highest BCUT2D eigenvalue weighted by atomic mass is 19.1. The highest BCUT2D eigenvalue weighted by Crippen LogP contribution is 2.36. The molecule has 0 atom stereocenters. The van der Waals surface area contributed by atoms with Crippen LogP contribution in [0.2, 0.25) is 0 Å². The van der Waals surface area contributed by atoms with Crippen molar-refractivity contribution >= 4 is 16.7 Å². The smallest absolute Gasteiger partial charge is 0.143 e. The van der Waals surface area contributed by atoms with Crippen molar-refractivity contribution < 1.29 is 13.5 Å². The standard InChI is InChI=1S/C19H20FNO2/c1-12(2)22-19-10-14-9-17(13-5-7-15(20)8-6-13)23-18(14)11-16(19)21(3)4/h5-12H,1-4H3. The summed E-state index contributed by atoms with van der Waals surface area (Å²) in [7, 11) is 3.94. The molecule has 23 heavy (non-hydrogen) atoms. The second kappa shape index (κ2) is 5.95. The van der Waals surface area contributed by atoms with E-state index in [1.54, 1.807) is 12.1 Å². The van der Waals surface area contributed by atoms with Gasteiger partial charge in [0.2, 0.25) is 0 Å². The van der Waals surface area contributed by atoms with Gasteiger partial charge in [0.1, 0.15) is 22.9 Å². The summed E-state index contributed by atoms with van der Waals surface area (Å²) in [5.74, 6) is 1.28. The maximum Gasteiger partial charge on any atom is 0.143 e. The van der Waals surface area contributed by atoms with Gasteiger partial charge in [0, 0.05) is 31.1 Å². The Morgan fingerprint density at radius 1 is 1.04 bits per heavy atom. The maximum atomic E-state index is 13.1. The van der Waals surface area contributed by atoms with Gasteiger partial charge < -0.3 is 14.1 Å². The van der Waals surface area contributed by atoms with E-state index in [0.29, 0.717) is 5.76 Å². The topological polar surface area (TPSA) is 25.6 Å². The van der Waals surface area contributed by atoms with Gasteiger partial charge in [-0.1, -0.05) is 0 Å². The lowest BCUT2D eigenvalue weighted by molar-refractivity contribution is 0.243. The van der Waals surface area contributed by atoms with E-state index < -0.39 is 0 Å². The third-order valence-corrected chi connectivity index (χ3v) is 3.57. The first-order chi connectivity index (χ1) is 10.9. The van der Waals surface area contributed by atoms with E-state index in [9.17, 15) is 4.39 Å². The van der Waals surface area contributed by atoms with Gasteiger partial charge in [-0.15, -0.1) is 0 Å². The average Bonchev–Trinajstić information content (AvgIpc) is 2.89. The first kappa shape index (κ1) is 15.4. The van der Waals surface area contributed by atoms with E-state index in [-0.39, 0.29) is 11.9 Å². The minimum absolute atomic E-state index is 0.0922. The lowest BCUT2D eigenvalue weighted by Crippen LogP contribution is -2.13. The number of anilines is 1. The fourth-order valence-corrected chi connectivity index (χ4v) is 2.51. The number of benzene rings is 2. The number of furan rings is 1. The largest absolute Gasteiger partial charge is 0.489 e. The summed E-state index contributed by atoms with van der Waals surface area (Å²) in [6, 6.07) is 12.2. The quantitative estimate of drug-likeness (QED) is 0.670. The van der Waals surface area contributed by atoms with Crippen molar-refractivity contribution in [3.63, 3.8) is 0 Å².